The van der Waals surface area contributed by atoms with E-state index in [-0.39, 0.29) is 18.0 Å². The number of hydrogen-bond acceptors (Lipinski definition) is 3. The number of nitrogens with one attached hydrogen (secondary N) is 1. The Morgan fingerprint density at radius 2 is 2.50 bits per heavy atom. The summed E-state index contributed by atoms with van der Waals surface area (Å²) in [5, 5.41) is 3.34. The van der Waals surface area contributed by atoms with E-state index in [0.717, 1.165) is 26.3 Å². The van der Waals surface area contributed by atoms with E-state index in [4.69, 9.17) is 9.47 Å². The van der Waals surface area contributed by atoms with Crippen molar-refractivity contribution in [3.63, 3.8) is 0 Å². The predicted molar refractivity (Wildman–Crippen MR) is 48.8 cm³/mol. The maximum absolute atomic E-state index is 5.72. The lowest BCUT2D eigenvalue weighted by atomic mass is 9.92. The molecule has 0 aromatic heterocycles. The molecule has 0 unspecified atom stereocenters. The quantitative estimate of drug-likeness (QED) is 0.690. The molecule has 0 amide bonds. The Labute approximate surface area is 79.2 Å². The summed E-state index contributed by atoms with van der Waals surface area (Å²) in [5.41, 5.74) is 0.0226. The number of hydrogen-bond donors (Lipinski definition) is 1. The van der Waals surface area contributed by atoms with Gasteiger partial charge in [0.2, 0.25) is 0 Å². The van der Waals surface area contributed by atoms with Crippen molar-refractivity contribution in [2.45, 2.75) is 12.0 Å². The van der Waals surface area contributed by atoms with Crippen LogP contribution in [0.5, 0.6) is 0 Å². The summed E-state index contributed by atoms with van der Waals surface area (Å²) in [6, 6.07) is 0. The summed E-state index contributed by atoms with van der Waals surface area (Å²) in [6.07, 6.45) is 1.19. The molecule has 2 aliphatic rings. The first-order chi connectivity index (χ1) is 5.37. The van der Waals surface area contributed by atoms with Crippen molar-refractivity contribution in [3.05, 3.63) is 0 Å². The van der Waals surface area contributed by atoms with Crippen molar-refractivity contribution in [2.75, 3.05) is 33.4 Å². The fourth-order valence-corrected chi connectivity index (χ4v) is 2.18. The summed E-state index contributed by atoms with van der Waals surface area (Å²) in [7, 11) is 1.74. The van der Waals surface area contributed by atoms with Crippen LogP contribution in [0.2, 0.25) is 0 Å². The molecule has 2 fully saturated rings. The van der Waals surface area contributed by atoms with Crippen LogP contribution < -0.4 is 5.32 Å². The summed E-state index contributed by atoms with van der Waals surface area (Å²) >= 11 is 0. The Hall–Kier alpha value is 0.170. The van der Waals surface area contributed by atoms with Gasteiger partial charge in [0.1, 0.15) is 5.60 Å². The van der Waals surface area contributed by atoms with Crippen molar-refractivity contribution in [1.82, 2.24) is 5.32 Å². The molecule has 2 atom stereocenters. The third-order valence-corrected chi connectivity index (χ3v) is 2.80. The Kier molecular flexibility index (Phi) is 3.35. The Morgan fingerprint density at radius 3 is 3.25 bits per heavy atom. The molecule has 1 N–H and O–H groups in total. The smallest absolute Gasteiger partial charge is 0.108 e. The lowest BCUT2D eigenvalue weighted by Gasteiger charge is -2.26. The molecule has 4 heteroatoms. The number of rotatable bonds is 2. The van der Waals surface area contributed by atoms with E-state index in [1.807, 2.05) is 0 Å². The molecule has 3 nitrogen and oxygen atoms in total. The minimum Gasteiger partial charge on any atom is -0.382 e. The van der Waals surface area contributed by atoms with E-state index in [1.165, 1.54) is 6.42 Å². The number of halogens is 1. The van der Waals surface area contributed by atoms with Gasteiger partial charge in [0.05, 0.1) is 6.61 Å². The first-order valence-corrected chi connectivity index (χ1v) is 4.21. The van der Waals surface area contributed by atoms with Crippen LogP contribution in [0, 0.1) is 5.92 Å². The van der Waals surface area contributed by atoms with Crippen molar-refractivity contribution in [3.8, 4) is 0 Å². The standard InChI is InChI=1S/C8H15NO2.ClH/c1-10-6-8-5-9-4-7(8)2-3-11-8;/h7,9H,2-6H2,1H3;1H/t7-,8-;/m1./s1. The maximum atomic E-state index is 5.72. The Morgan fingerprint density at radius 1 is 1.67 bits per heavy atom. The van der Waals surface area contributed by atoms with Gasteiger partial charge in [-0.15, -0.1) is 12.4 Å². The second-order valence-corrected chi connectivity index (χ2v) is 3.46. The molecule has 2 heterocycles. The topological polar surface area (TPSA) is 30.5 Å². The highest BCUT2D eigenvalue weighted by molar-refractivity contribution is 5.85. The number of methoxy groups -OCH3 is 1. The molecule has 2 rings (SSSR count). The normalized spacial score (nSPS) is 39.2. The van der Waals surface area contributed by atoms with Crippen LogP contribution >= 0.6 is 12.4 Å². The van der Waals surface area contributed by atoms with E-state index < -0.39 is 0 Å². The molecular weight excluding hydrogens is 178 g/mol. The second kappa shape index (κ2) is 3.92. The SMILES string of the molecule is COC[C@]12CNC[C@H]1CCO2.Cl. The van der Waals surface area contributed by atoms with E-state index in [0.29, 0.717) is 5.92 Å². The summed E-state index contributed by atoms with van der Waals surface area (Å²) < 4.78 is 10.9. The average Bonchev–Trinajstić information content (AvgIpc) is 2.45. The molecule has 2 saturated heterocycles. The van der Waals surface area contributed by atoms with E-state index in [1.54, 1.807) is 7.11 Å². The number of fused-ring (bicyclic) bond motifs is 1. The third-order valence-electron chi connectivity index (χ3n) is 2.80. The first kappa shape index (κ1) is 10.3. The highest BCUT2D eigenvalue weighted by atomic mass is 35.5. The van der Waals surface area contributed by atoms with Crippen molar-refractivity contribution in [2.24, 2.45) is 5.92 Å². The minimum atomic E-state index is 0. The lowest BCUT2D eigenvalue weighted by molar-refractivity contribution is -0.0523. The zero-order valence-electron chi connectivity index (χ0n) is 7.34. The summed E-state index contributed by atoms with van der Waals surface area (Å²) in [4.78, 5) is 0. The van der Waals surface area contributed by atoms with Crippen molar-refractivity contribution >= 4 is 12.4 Å². The summed E-state index contributed by atoms with van der Waals surface area (Å²) in [5.74, 6) is 0.683. The van der Waals surface area contributed by atoms with Crippen LogP contribution in [0.25, 0.3) is 0 Å². The van der Waals surface area contributed by atoms with Crippen LogP contribution in [-0.2, 0) is 9.47 Å². The van der Waals surface area contributed by atoms with Gasteiger partial charge in [0, 0.05) is 32.7 Å². The highest BCUT2D eigenvalue weighted by Gasteiger charge is 2.47. The van der Waals surface area contributed by atoms with E-state index >= 15 is 0 Å². The molecule has 0 aromatic rings. The molecular formula is C8H16ClNO2. The largest absolute Gasteiger partial charge is 0.382 e. The van der Waals surface area contributed by atoms with E-state index in [9.17, 15) is 0 Å². The van der Waals surface area contributed by atoms with Gasteiger partial charge in [-0.1, -0.05) is 0 Å². The van der Waals surface area contributed by atoms with Crippen molar-refractivity contribution < 1.29 is 9.47 Å². The van der Waals surface area contributed by atoms with Crippen LogP contribution in [0.1, 0.15) is 6.42 Å². The maximum Gasteiger partial charge on any atom is 0.108 e. The first-order valence-electron chi connectivity index (χ1n) is 4.21. The average molecular weight is 194 g/mol. The Bertz CT molecular complexity index is 144. The van der Waals surface area contributed by atoms with Gasteiger partial charge >= 0.3 is 0 Å². The molecule has 0 spiro atoms. The molecule has 0 bridgehead atoms. The fraction of sp³-hybridized carbons (Fsp3) is 1.00. The molecule has 12 heavy (non-hydrogen) atoms. The van der Waals surface area contributed by atoms with E-state index in [2.05, 4.69) is 5.32 Å². The molecule has 0 aliphatic carbocycles. The predicted octanol–water partition coefficient (Wildman–Crippen LogP) is 0.433. The molecule has 72 valence electrons. The second-order valence-electron chi connectivity index (χ2n) is 3.46. The molecule has 0 saturated carbocycles. The minimum absolute atomic E-state index is 0. The van der Waals surface area contributed by atoms with Crippen LogP contribution in [0.15, 0.2) is 0 Å². The highest BCUT2D eigenvalue weighted by Crippen LogP contribution is 2.34. The van der Waals surface area contributed by atoms with Crippen LogP contribution in [-0.4, -0.2) is 39.0 Å². The van der Waals surface area contributed by atoms with Gasteiger partial charge in [-0.25, -0.2) is 0 Å². The van der Waals surface area contributed by atoms with Gasteiger partial charge in [0.15, 0.2) is 0 Å². The van der Waals surface area contributed by atoms with Crippen LogP contribution in [0.4, 0.5) is 0 Å². The lowest BCUT2D eigenvalue weighted by Crippen LogP contribution is -2.40. The fourth-order valence-electron chi connectivity index (χ4n) is 2.18. The molecule has 0 radical (unpaired) electrons. The Balaban J connectivity index is 0.000000720. The summed E-state index contributed by atoms with van der Waals surface area (Å²) in [6.45, 7) is 3.72. The van der Waals surface area contributed by atoms with Crippen molar-refractivity contribution in [1.29, 1.82) is 0 Å². The zero-order chi connectivity index (χ0) is 7.73. The molecule has 2 aliphatic heterocycles. The third kappa shape index (κ3) is 1.46. The van der Waals surface area contributed by atoms with Gasteiger partial charge in [-0.2, -0.15) is 0 Å². The monoisotopic (exact) mass is 193 g/mol. The van der Waals surface area contributed by atoms with Gasteiger partial charge in [-0.05, 0) is 6.42 Å². The van der Waals surface area contributed by atoms with Gasteiger partial charge in [0.25, 0.3) is 0 Å². The van der Waals surface area contributed by atoms with Gasteiger partial charge < -0.3 is 14.8 Å². The molecule has 0 aromatic carbocycles. The van der Waals surface area contributed by atoms with Crippen LogP contribution in [0.3, 0.4) is 0 Å². The van der Waals surface area contributed by atoms with Gasteiger partial charge in [-0.3, -0.25) is 0 Å². The number of ether oxygens (including phenoxy) is 2. The zero-order valence-corrected chi connectivity index (χ0v) is 8.15.